The molecular weight excluding hydrogens is 590 g/mol. The van der Waals surface area contributed by atoms with Crippen LogP contribution in [0.2, 0.25) is 0 Å². The van der Waals surface area contributed by atoms with Crippen molar-refractivity contribution < 1.29 is 18.4 Å². The first-order valence-electron chi connectivity index (χ1n) is 15.4. The average molecular weight is 639 g/mol. The molecule has 0 aliphatic carbocycles. The third-order valence-corrected chi connectivity index (χ3v) is 7.30. The van der Waals surface area contributed by atoms with Crippen molar-refractivity contribution in [2.75, 3.05) is 26.7 Å². The lowest BCUT2D eigenvalue weighted by atomic mass is 9.87. The van der Waals surface area contributed by atoms with Gasteiger partial charge in [-0.05, 0) is 77.4 Å². The van der Waals surface area contributed by atoms with E-state index in [0.29, 0.717) is 35.7 Å². The van der Waals surface area contributed by atoms with Crippen molar-refractivity contribution in [1.29, 1.82) is 0 Å². The van der Waals surface area contributed by atoms with E-state index in [0.717, 1.165) is 24.2 Å². The largest absolute Gasteiger partial charge is 0.333 e. The summed E-state index contributed by atoms with van der Waals surface area (Å²) < 4.78 is 26.0. The molecule has 1 N–H and O–H groups in total. The van der Waals surface area contributed by atoms with E-state index in [2.05, 4.69) is 71.8 Å². The van der Waals surface area contributed by atoms with Gasteiger partial charge in [0.05, 0.1) is 17.7 Å². The number of nitrogens with one attached hydrogen (secondary N) is 1. The number of benzene rings is 1. The van der Waals surface area contributed by atoms with E-state index < -0.39 is 0 Å². The van der Waals surface area contributed by atoms with Gasteiger partial charge in [-0.1, -0.05) is 40.7 Å². The first-order chi connectivity index (χ1) is 21.5. The highest BCUT2D eigenvalue weighted by Gasteiger charge is 2.34. The lowest BCUT2D eigenvalue weighted by Crippen LogP contribution is -2.59. The van der Waals surface area contributed by atoms with Crippen LogP contribution in [0.15, 0.2) is 48.4 Å². The second kappa shape index (κ2) is 16.3. The number of aryl methyl sites for hydroxylation is 1. The Morgan fingerprint density at radius 2 is 1.70 bits per heavy atom. The Balaban J connectivity index is 0.000000273. The molecule has 0 spiro atoms. The number of fused-ring (bicyclic) bond motifs is 1. The standard InChI is InChI=1S/C17H16FN3O.C11H19N5O.C4H7F.C2H6/c1-17(2,3)14-8-15(11-4-6-12(18)7-5-11)20-21-9-13(10-22)19-16(14)21;1-8-12-9(14-13-8)10(17)16-6-5-15(4)11(2,3)7-16;1-3-4(2)5;1-2/h4-10H,1-3H3;5-7H2,1-4H3,(H,12,13,14);3H,1-2H3;1-2H3/b;;4-3+;. The molecule has 0 radical (unpaired) electrons. The van der Waals surface area contributed by atoms with Crippen molar-refractivity contribution in [3.63, 3.8) is 0 Å². The maximum atomic E-state index is 13.1. The number of amides is 1. The summed E-state index contributed by atoms with van der Waals surface area (Å²) in [6, 6.07) is 8.14. The number of aromatic nitrogens is 6. The van der Waals surface area contributed by atoms with E-state index in [1.54, 1.807) is 36.7 Å². The fraction of sp³-hybridized carbons (Fsp3) is 0.471. The van der Waals surface area contributed by atoms with Crippen LogP contribution in [0.3, 0.4) is 0 Å². The van der Waals surface area contributed by atoms with Crippen LogP contribution in [0, 0.1) is 12.7 Å². The molecule has 1 aromatic carbocycles. The summed E-state index contributed by atoms with van der Waals surface area (Å²) in [6.07, 6.45) is 3.73. The molecule has 0 saturated carbocycles. The Hall–Kier alpha value is -4.32. The summed E-state index contributed by atoms with van der Waals surface area (Å²) in [5, 5.41) is 11.1. The molecule has 3 aromatic heterocycles. The van der Waals surface area contributed by atoms with E-state index in [1.165, 1.54) is 25.1 Å². The van der Waals surface area contributed by atoms with Gasteiger partial charge in [-0.15, -0.1) is 5.10 Å². The fourth-order valence-electron chi connectivity index (χ4n) is 4.36. The van der Waals surface area contributed by atoms with Gasteiger partial charge in [0, 0.05) is 36.3 Å². The molecule has 1 fully saturated rings. The number of carbonyl (C=O) groups excluding carboxylic acids is 2. The molecule has 250 valence electrons. The number of H-pyrrole nitrogens is 1. The minimum absolute atomic E-state index is 0.000732. The molecule has 1 aliphatic heterocycles. The number of hydrogen-bond acceptors (Lipinski definition) is 7. The molecule has 4 heterocycles. The zero-order valence-electron chi connectivity index (χ0n) is 28.9. The smallest absolute Gasteiger partial charge is 0.293 e. The fourth-order valence-corrected chi connectivity index (χ4v) is 4.36. The van der Waals surface area contributed by atoms with Crippen LogP contribution < -0.4 is 0 Å². The van der Waals surface area contributed by atoms with Gasteiger partial charge in [0.1, 0.15) is 17.3 Å². The first kappa shape index (κ1) is 37.9. The molecule has 4 aromatic rings. The topological polar surface area (TPSA) is 112 Å². The molecule has 0 bridgehead atoms. The summed E-state index contributed by atoms with van der Waals surface area (Å²) >= 11 is 0. The SMILES string of the molecule is C/C=C(\C)F.CC.CC(C)(C)c1cc(-c2ccc(F)cc2)nn2cc(C=O)nc12.Cc1nc(C(=O)N2CCN(C)C(C)(C)C2)n[nH]1. The molecule has 1 amide bonds. The molecule has 1 saturated heterocycles. The maximum absolute atomic E-state index is 13.1. The summed E-state index contributed by atoms with van der Waals surface area (Å²) in [5.74, 6) is 0.442. The Morgan fingerprint density at radius 1 is 1.09 bits per heavy atom. The Bertz CT molecular complexity index is 1610. The Labute approximate surface area is 270 Å². The lowest BCUT2D eigenvalue weighted by Gasteiger charge is -2.44. The second-order valence-electron chi connectivity index (χ2n) is 12.3. The van der Waals surface area contributed by atoms with Crippen LogP contribution >= 0.6 is 0 Å². The van der Waals surface area contributed by atoms with Crippen LogP contribution in [0.1, 0.15) is 94.8 Å². The number of rotatable bonds is 3. The van der Waals surface area contributed by atoms with Crippen LogP contribution in [0.5, 0.6) is 0 Å². The zero-order chi connectivity index (χ0) is 34.8. The summed E-state index contributed by atoms with van der Waals surface area (Å²) in [5.41, 5.74) is 3.36. The molecule has 0 atom stereocenters. The summed E-state index contributed by atoms with van der Waals surface area (Å²) in [6.45, 7) is 21.7. The number of aromatic amines is 1. The van der Waals surface area contributed by atoms with Gasteiger partial charge in [0.25, 0.3) is 5.91 Å². The van der Waals surface area contributed by atoms with Crippen molar-refractivity contribution in [3.8, 4) is 11.3 Å². The number of imidazole rings is 1. The summed E-state index contributed by atoms with van der Waals surface area (Å²) in [7, 11) is 2.08. The third kappa shape index (κ3) is 10.1. The number of likely N-dealkylation sites (N-methyl/N-ethyl adjacent to an activating group) is 1. The third-order valence-electron chi connectivity index (χ3n) is 7.30. The van der Waals surface area contributed by atoms with Gasteiger partial charge in [-0.3, -0.25) is 19.6 Å². The maximum Gasteiger partial charge on any atom is 0.293 e. The number of piperazine rings is 1. The van der Waals surface area contributed by atoms with E-state index in [4.69, 9.17) is 0 Å². The number of halogens is 2. The van der Waals surface area contributed by atoms with Gasteiger partial charge < -0.3 is 4.90 Å². The minimum Gasteiger partial charge on any atom is -0.333 e. The van der Waals surface area contributed by atoms with Crippen molar-refractivity contribution in [2.45, 2.75) is 80.2 Å². The predicted molar refractivity (Wildman–Crippen MR) is 178 cm³/mol. The van der Waals surface area contributed by atoms with Gasteiger partial charge in [-0.2, -0.15) is 5.10 Å². The molecular formula is C34H48F2N8O2. The number of nitrogens with zero attached hydrogens (tertiary/aromatic N) is 7. The number of allylic oxidation sites excluding steroid dienone is 2. The van der Waals surface area contributed by atoms with Crippen molar-refractivity contribution >= 4 is 17.8 Å². The average Bonchev–Trinajstić information content (AvgIpc) is 3.65. The van der Waals surface area contributed by atoms with Crippen LogP contribution in [0.4, 0.5) is 8.78 Å². The highest BCUT2D eigenvalue weighted by atomic mass is 19.1. The second-order valence-corrected chi connectivity index (χ2v) is 12.3. The zero-order valence-corrected chi connectivity index (χ0v) is 28.9. The molecule has 46 heavy (non-hydrogen) atoms. The summed E-state index contributed by atoms with van der Waals surface area (Å²) in [4.78, 5) is 35.6. The van der Waals surface area contributed by atoms with E-state index in [-0.39, 0.29) is 34.3 Å². The highest BCUT2D eigenvalue weighted by Crippen LogP contribution is 2.29. The quantitative estimate of drug-likeness (QED) is 0.245. The number of carbonyl (C=O) groups is 2. The number of aldehydes is 1. The van der Waals surface area contributed by atoms with E-state index >= 15 is 0 Å². The first-order valence-corrected chi connectivity index (χ1v) is 15.4. The van der Waals surface area contributed by atoms with Crippen LogP contribution in [0.25, 0.3) is 16.9 Å². The van der Waals surface area contributed by atoms with E-state index in [1.807, 2.05) is 24.8 Å². The Kier molecular flexibility index (Phi) is 13.4. The molecule has 0 unspecified atom stereocenters. The van der Waals surface area contributed by atoms with Crippen LogP contribution in [-0.4, -0.2) is 84.0 Å². The van der Waals surface area contributed by atoms with Gasteiger partial charge in [-0.25, -0.2) is 23.3 Å². The van der Waals surface area contributed by atoms with Crippen molar-refractivity contribution in [3.05, 3.63) is 77.2 Å². The molecule has 5 rings (SSSR count). The van der Waals surface area contributed by atoms with Gasteiger partial charge in [0.2, 0.25) is 5.82 Å². The van der Waals surface area contributed by atoms with Crippen LogP contribution in [-0.2, 0) is 5.41 Å². The number of hydrogen-bond donors (Lipinski definition) is 1. The molecule has 12 heteroatoms. The monoisotopic (exact) mass is 638 g/mol. The predicted octanol–water partition coefficient (Wildman–Crippen LogP) is 6.83. The van der Waals surface area contributed by atoms with Crippen molar-refractivity contribution in [1.82, 2.24) is 39.6 Å². The lowest BCUT2D eigenvalue weighted by molar-refractivity contribution is 0.0303. The molecule has 10 nitrogen and oxygen atoms in total. The van der Waals surface area contributed by atoms with Crippen molar-refractivity contribution in [2.24, 2.45) is 0 Å². The van der Waals surface area contributed by atoms with Gasteiger partial charge in [0.15, 0.2) is 11.9 Å². The Morgan fingerprint density at radius 3 is 2.17 bits per heavy atom. The van der Waals surface area contributed by atoms with E-state index in [9.17, 15) is 18.4 Å². The highest BCUT2D eigenvalue weighted by molar-refractivity contribution is 5.90. The minimum atomic E-state index is -0.285. The molecule has 1 aliphatic rings. The normalized spacial score (nSPS) is 14.7. The van der Waals surface area contributed by atoms with Gasteiger partial charge >= 0.3 is 0 Å².